The normalized spacial score (nSPS) is 22.4. The van der Waals surface area contributed by atoms with Crippen molar-refractivity contribution in [2.45, 2.75) is 51.6 Å². The van der Waals surface area contributed by atoms with E-state index in [2.05, 4.69) is 41.9 Å². The molecule has 0 spiro atoms. The van der Waals surface area contributed by atoms with Crippen molar-refractivity contribution in [3.63, 3.8) is 0 Å². The molecule has 1 fully saturated rings. The zero-order chi connectivity index (χ0) is 14.2. The van der Waals surface area contributed by atoms with Gasteiger partial charge in [-0.2, -0.15) is 0 Å². The van der Waals surface area contributed by atoms with Crippen molar-refractivity contribution < 1.29 is 9.47 Å². The summed E-state index contributed by atoms with van der Waals surface area (Å²) < 4.78 is 12.2. The van der Waals surface area contributed by atoms with Crippen LogP contribution in [0, 0.1) is 5.41 Å². The lowest BCUT2D eigenvalue weighted by molar-refractivity contribution is 0.123. The molecule has 0 atom stereocenters. The number of hydrogen-bond donors (Lipinski definition) is 0. The van der Waals surface area contributed by atoms with Gasteiger partial charge in [0.1, 0.15) is 5.60 Å². The number of hydrogen-bond acceptors (Lipinski definition) is 2. The first kappa shape index (κ1) is 14.2. The van der Waals surface area contributed by atoms with E-state index in [1.54, 1.807) is 0 Å². The molecule has 1 heterocycles. The molecule has 0 N–H and O–H groups in total. The van der Waals surface area contributed by atoms with Crippen LogP contribution in [0.4, 0.5) is 0 Å². The second kappa shape index (κ2) is 5.25. The van der Waals surface area contributed by atoms with Gasteiger partial charge in [0.25, 0.3) is 0 Å². The lowest BCUT2D eigenvalue weighted by Crippen LogP contribution is -2.27. The van der Waals surface area contributed by atoms with Gasteiger partial charge in [0.05, 0.1) is 6.61 Å². The maximum absolute atomic E-state index is 6.17. The van der Waals surface area contributed by atoms with Crippen LogP contribution in [0.15, 0.2) is 18.2 Å². The van der Waals surface area contributed by atoms with Crippen molar-refractivity contribution in [3.05, 3.63) is 23.8 Å². The third-order valence-electron chi connectivity index (χ3n) is 4.54. The summed E-state index contributed by atoms with van der Waals surface area (Å²) in [7, 11) is 0. The molecule has 2 aliphatic rings. The molecule has 0 amide bonds. The van der Waals surface area contributed by atoms with Crippen molar-refractivity contribution in [3.8, 4) is 11.5 Å². The second-order valence-electron chi connectivity index (χ2n) is 6.91. The Morgan fingerprint density at radius 1 is 1.25 bits per heavy atom. The Bertz CT molecular complexity index is 490. The van der Waals surface area contributed by atoms with Crippen LogP contribution < -0.4 is 9.47 Å². The summed E-state index contributed by atoms with van der Waals surface area (Å²) in [6, 6.07) is 6.26. The lowest BCUT2D eigenvalue weighted by atomic mass is 9.90. The zero-order valence-electron chi connectivity index (χ0n) is 12.4. The SMILES string of the molecule is CC1(C)Cc2cccc(OCC3(CBr)CCCC3)c2O1. The van der Waals surface area contributed by atoms with E-state index < -0.39 is 0 Å². The molecule has 2 nitrogen and oxygen atoms in total. The molecule has 1 aromatic rings. The molecule has 1 aliphatic heterocycles. The van der Waals surface area contributed by atoms with Gasteiger partial charge >= 0.3 is 0 Å². The molecular weight excluding hydrogens is 316 g/mol. The summed E-state index contributed by atoms with van der Waals surface area (Å²) in [5.74, 6) is 1.88. The Morgan fingerprint density at radius 3 is 2.70 bits per heavy atom. The largest absolute Gasteiger partial charge is 0.489 e. The first-order valence-corrected chi connectivity index (χ1v) is 8.66. The first-order chi connectivity index (χ1) is 9.54. The van der Waals surface area contributed by atoms with Crippen molar-refractivity contribution in [2.24, 2.45) is 5.41 Å². The van der Waals surface area contributed by atoms with Gasteiger partial charge in [-0.05, 0) is 32.8 Å². The minimum absolute atomic E-state index is 0.109. The number of rotatable bonds is 4. The van der Waals surface area contributed by atoms with Crippen molar-refractivity contribution in [2.75, 3.05) is 11.9 Å². The van der Waals surface area contributed by atoms with E-state index in [4.69, 9.17) is 9.47 Å². The minimum atomic E-state index is -0.109. The smallest absolute Gasteiger partial charge is 0.165 e. The highest BCUT2D eigenvalue weighted by Crippen LogP contribution is 2.44. The van der Waals surface area contributed by atoms with E-state index in [0.717, 1.165) is 29.9 Å². The zero-order valence-corrected chi connectivity index (χ0v) is 14.0. The molecule has 3 rings (SSSR count). The van der Waals surface area contributed by atoms with Crippen LogP contribution in [-0.4, -0.2) is 17.5 Å². The Balaban J connectivity index is 1.75. The highest BCUT2D eigenvalue weighted by atomic mass is 79.9. The predicted molar refractivity (Wildman–Crippen MR) is 85.0 cm³/mol. The molecule has 3 heteroatoms. The number of para-hydroxylation sites is 1. The van der Waals surface area contributed by atoms with Gasteiger partial charge in [0.2, 0.25) is 0 Å². The van der Waals surface area contributed by atoms with E-state index in [-0.39, 0.29) is 5.60 Å². The van der Waals surface area contributed by atoms with Crippen LogP contribution >= 0.6 is 15.9 Å². The quantitative estimate of drug-likeness (QED) is 0.738. The van der Waals surface area contributed by atoms with Crippen LogP contribution in [0.3, 0.4) is 0 Å². The van der Waals surface area contributed by atoms with E-state index in [9.17, 15) is 0 Å². The predicted octanol–water partition coefficient (Wildman–Crippen LogP) is 4.73. The van der Waals surface area contributed by atoms with Gasteiger partial charge in [0.15, 0.2) is 11.5 Å². The van der Waals surface area contributed by atoms with Crippen LogP contribution in [0.25, 0.3) is 0 Å². The molecule has 0 unspecified atom stereocenters. The molecule has 20 heavy (non-hydrogen) atoms. The van der Waals surface area contributed by atoms with Crippen LogP contribution in [0.5, 0.6) is 11.5 Å². The second-order valence-corrected chi connectivity index (χ2v) is 7.47. The number of benzene rings is 1. The van der Waals surface area contributed by atoms with Gasteiger partial charge in [-0.15, -0.1) is 0 Å². The van der Waals surface area contributed by atoms with Crippen LogP contribution in [0.1, 0.15) is 45.1 Å². The molecule has 0 saturated heterocycles. The fourth-order valence-corrected chi connectivity index (χ4v) is 4.10. The van der Waals surface area contributed by atoms with Gasteiger partial charge in [-0.25, -0.2) is 0 Å². The number of alkyl halides is 1. The fourth-order valence-electron chi connectivity index (χ4n) is 3.37. The van der Waals surface area contributed by atoms with Crippen molar-refractivity contribution >= 4 is 15.9 Å². The third-order valence-corrected chi connectivity index (χ3v) is 5.73. The Labute approximate surface area is 130 Å². The van der Waals surface area contributed by atoms with Gasteiger partial charge in [-0.3, -0.25) is 0 Å². The number of fused-ring (bicyclic) bond motifs is 1. The maximum Gasteiger partial charge on any atom is 0.165 e. The summed E-state index contributed by atoms with van der Waals surface area (Å²) in [5.41, 5.74) is 1.48. The van der Waals surface area contributed by atoms with Crippen LogP contribution in [-0.2, 0) is 6.42 Å². The molecule has 1 saturated carbocycles. The summed E-state index contributed by atoms with van der Waals surface area (Å²) in [6.45, 7) is 5.06. The molecule has 1 aliphatic carbocycles. The molecule has 0 aromatic heterocycles. The molecule has 0 bridgehead atoms. The highest BCUT2D eigenvalue weighted by molar-refractivity contribution is 9.09. The minimum Gasteiger partial charge on any atom is -0.489 e. The Kier molecular flexibility index (Phi) is 3.74. The van der Waals surface area contributed by atoms with Gasteiger partial charge < -0.3 is 9.47 Å². The number of halogens is 1. The van der Waals surface area contributed by atoms with E-state index >= 15 is 0 Å². The van der Waals surface area contributed by atoms with E-state index in [0.29, 0.717) is 5.41 Å². The molecular formula is C17H23BrO2. The average molecular weight is 339 g/mol. The van der Waals surface area contributed by atoms with Gasteiger partial charge in [-0.1, -0.05) is 40.9 Å². The average Bonchev–Trinajstić information content (AvgIpc) is 2.99. The topological polar surface area (TPSA) is 18.5 Å². The number of ether oxygens (including phenoxy) is 2. The van der Waals surface area contributed by atoms with Crippen molar-refractivity contribution in [1.29, 1.82) is 0 Å². The van der Waals surface area contributed by atoms with Gasteiger partial charge in [0, 0.05) is 22.7 Å². The Morgan fingerprint density at radius 2 is 2.00 bits per heavy atom. The summed E-state index contributed by atoms with van der Waals surface area (Å²) in [6.07, 6.45) is 6.14. The summed E-state index contributed by atoms with van der Waals surface area (Å²) >= 11 is 3.68. The van der Waals surface area contributed by atoms with Crippen LogP contribution in [0.2, 0.25) is 0 Å². The fraction of sp³-hybridized carbons (Fsp3) is 0.647. The monoisotopic (exact) mass is 338 g/mol. The van der Waals surface area contributed by atoms with E-state index in [1.165, 1.54) is 31.2 Å². The van der Waals surface area contributed by atoms with Crippen molar-refractivity contribution in [1.82, 2.24) is 0 Å². The first-order valence-electron chi connectivity index (χ1n) is 7.53. The molecule has 1 aromatic carbocycles. The lowest BCUT2D eigenvalue weighted by Gasteiger charge is -2.27. The van der Waals surface area contributed by atoms with E-state index in [1.807, 2.05) is 6.07 Å². The maximum atomic E-state index is 6.17. The Hall–Kier alpha value is -0.700. The summed E-state index contributed by atoms with van der Waals surface area (Å²) in [4.78, 5) is 0. The summed E-state index contributed by atoms with van der Waals surface area (Å²) in [5, 5.41) is 1.03. The highest BCUT2D eigenvalue weighted by Gasteiger charge is 2.36. The standard InChI is InChI=1S/C17H23BrO2/c1-16(2)10-13-6-5-7-14(15(13)20-16)19-12-17(11-18)8-3-4-9-17/h5-7H,3-4,8-12H2,1-2H3. The molecule has 110 valence electrons. The third kappa shape index (κ3) is 2.69. The molecule has 0 radical (unpaired) electrons.